The number of nitrogens with one attached hydrogen (secondary N) is 1. The van der Waals surface area contributed by atoms with Gasteiger partial charge in [-0.2, -0.15) is 5.26 Å². The Morgan fingerprint density at radius 3 is 2.75 bits per heavy atom. The summed E-state index contributed by atoms with van der Waals surface area (Å²) >= 11 is 0. The zero-order valence-electron chi connectivity index (χ0n) is 22.5. The van der Waals surface area contributed by atoms with E-state index >= 15 is 0 Å². The van der Waals surface area contributed by atoms with E-state index in [1.54, 1.807) is 12.4 Å². The number of benzene rings is 3. The van der Waals surface area contributed by atoms with Crippen LogP contribution in [0.3, 0.4) is 0 Å². The van der Waals surface area contributed by atoms with Crippen LogP contribution in [0.4, 0.5) is 0 Å². The zero-order valence-corrected chi connectivity index (χ0v) is 22.5. The second-order valence-corrected chi connectivity index (χ2v) is 10.2. The number of aromatic nitrogens is 1. The standard InChI is InChI=1S/C33H32N4O3/c1-23-28(8-5-9-32(23)26-6-3-2-4-7-26)22-40-31-11-10-27-13-30(18-36-19-33(38)39)37(21-29(27)14-31)20-25-12-24(15-34)16-35-17-25/h2-12,14,16-17,30,36H,13,18-22H2,1H3,(H,38,39)/t30-/m0/s1. The summed E-state index contributed by atoms with van der Waals surface area (Å²) in [5, 5.41) is 21.4. The molecule has 0 bridgehead atoms. The maximum atomic E-state index is 11.1. The molecule has 1 aliphatic heterocycles. The number of hydrogen-bond donors (Lipinski definition) is 2. The van der Waals surface area contributed by atoms with Gasteiger partial charge in [0.05, 0.1) is 12.1 Å². The Morgan fingerprint density at radius 1 is 1.10 bits per heavy atom. The molecule has 2 N–H and O–H groups in total. The molecule has 0 saturated heterocycles. The van der Waals surface area contributed by atoms with Gasteiger partial charge in [0.25, 0.3) is 0 Å². The molecular weight excluding hydrogens is 500 g/mol. The topological polar surface area (TPSA) is 98.5 Å². The Morgan fingerprint density at radius 2 is 1.95 bits per heavy atom. The summed E-state index contributed by atoms with van der Waals surface area (Å²) in [4.78, 5) is 17.6. The zero-order chi connectivity index (χ0) is 27.9. The SMILES string of the molecule is Cc1c(COc2ccc3c(c2)CN(Cc2cncc(C#N)c2)[C@H](CNCC(=O)O)C3)cccc1-c1ccccc1. The highest BCUT2D eigenvalue weighted by Gasteiger charge is 2.27. The molecule has 1 atom stereocenters. The minimum Gasteiger partial charge on any atom is -0.489 e. The van der Waals surface area contributed by atoms with E-state index in [0.717, 1.165) is 23.3 Å². The van der Waals surface area contributed by atoms with Gasteiger partial charge in [-0.15, -0.1) is 0 Å². The molecular formula is C33H32N4O3. The van der Waals surface area contributed by atoms with Gasteiger partial charge in [0.1, 0.15) is 18.4 Å². The van der Waals surface area contributed by atoms with Gasteiger partial charge in [-0.1, -0.05) is 54.6 Å². The van der Waals surface area contributed by atoms with Crippen molar-refractivity contribution in [2.45, 2.75) is 39.1 Å². The van der Waals surface area contributed by atoms with Gasteiger partial charge < -0.3 is 15.2 Å². The Balaban J connectivity index is 1.32. The van der Waals surface area contributed by atoms with Crippen molar-refractivity contribution in [1.29, 1.82) is 5.26 Å². The van der Waals surface area contributed by atoms with E-state index in [1.165, 1.54) is 27.8 Å². The fourth-order valence-electron chi connectivity index (χ4n) is 5.30. The molecule has 1 aromatic heterocycles. The molecule has 0 radical (unpaired) electrons. The van der Waals surface area contributed by atoms with Crippen LogP contribution in [-0.2, 0) is 30.9 Å². The summed E-state index contributed by atoms with van der Waals surface area (Å²) in [6.07, 6.45) is 4.12. The molecule has 0 saturated carbocycles. The molecule has 3 aromatic carbocycles. The van der Waals surface area contributed by atoms with Gasteiger partial charge in [0, 0.05) is 38.1 Å². The maximum Gasteiger partial charge on any atom is 0.317 e. The number of carbonyl (C=O) groups is 1. The predicted molar refractivity (Wildman–Crippen MR) is 154 cm³/mol. The van der Waals surface area contributed by atoms with Gasteiger partial charge in [-0.25, -0.2) is 0 Å². The molecule has 0 unspecified atom stereocenters. The molecule has 4 aromatic rings. The lowest BCUT2D eigenvalue weighted by Gasteiger charge is -2.37. The van der Waals surface area contributed by atoms with Crippen LogP contribution in [0.1, 0.15) is 33.4 Å². The summed E-state index contributed by atoms with van der Waals surface area (Å²) < 4.78 is 6.29. The smallest absolute Gasteiger partial charge is 0.317 e. The highest BCUT2D eigenvalue weighted by atomic mass is 16.5. The van der Waals surface area contributed by atoms with Crippen LogP contribution in [-0.4, -0.2) is 40.1 Å². The van der Waals surface area contributed by atoms with Gasteiger partial charge in [-0.3, -0.25) is 14.7 Å². The summed E-state index contributed by atoms with van der Waals surface area (Å²) in [6, 6.07) is 27.1. The quantitative estimate of drug-likeness (QED) is 0.293. The molecule has 0 aliphatic carbocycles. The van der Waals surface area contributed by atoms with Crippen molar-refractivity contribution >= 4 is 5.97 Å². The van der Waals surface area contributed by atoms with E-state index in [1.807, 2.05) is 18.2 Å². The third-order valence-corrected chi connectivity index (χ3v) is 7.41. The number of aliphatic carboxylic acids is 1. The average Bonchev–Trinajstić information content (AvgIpc) is 2.97. The number of ether oxygens (including phenoxy) is 1. The first-order valence-corrected chi connectivity index (χ1v) is 13.4. The molecule has 1 aliphatic rings. The van der Waals surface area contributed by atoms with Crippen molar-refractivity contribution in [2.24, 2.45) is 0 Å². The van der Waals surface area contributed by atoms with Crippen LogP contribution in [0.2, 0.25) is 0 Å². The van der Waals surface area contributed by atoms with E-state index < -0.39 is 5.97 Å². The van der Waals surface area contributed by atoms with Crippen molar-refractivity contribution < 1.29 is 14.6 Å². The van der Waals surface area contributed by atoms with Gasteiger partial charge in [0.15, 0.2) is 0 Å². The average molecular weight is 533 g/mol. The lowest BCUT2D eigenvalue weighted by atomic mass is 9.93. The number of fused-ring (bicyclic) bond motifs is 1. The predicted octanol–water partition coefficient (Wildman–Crippen LogP) is 5.11. The molecule has 0 spiro atoms. The summed E-state index contributed by atoms with van der Waals surface area (Å²) in [5.74, 6) is -0.0566. The number of rotatable bonds is 10. The van der Waals surface area contributed by atoms with Crippen LogP contribution in [0.15, 0.2) is 85.2 Å². The second-order valence-electron chi connectivity index (χ2n) is 10.2. The van der Waals surface area contributed by atoms with E-state index in [4.69, 9.17) is 9.84 Å². The molecule has 7 heteroatoms. The van der Waals surface area contributed by atoms with Crippen LogP contribution in [0.5, 0.6) is 5.75 Å². The second kappa shape index (κ2) is 12.6. The molecule has 7 nitrogen and oxygen atoms in total. The summed E-state index contributed by atoms with van der Waals surface area (Å²) in [5.41, 5.74) is 8.66. The molecule has 0 fully saturated rings. The monoisotopic (exact) mass is 532 g/mol. The minimum atomic E-state index is -0.875. The van der Waals surface area contributed by atoms with Gasteiger partial charge in [-0.05, 0) is 70.5 Å². The van der Waals surface area contributed by atoms with Crippen LogP contribution < -0.4 is 10.1 Å². The molecule has 5 rings (SSSR count). The number of pyridine rings is 1. The first kappa shape index (κ1) is 27.1. The summed E-state index contributed by atoms with van der Waals surface area (Å²) in [6.45, 7) is 4.37. The van der Waals surface area contributed by atoms with Crippen molar-refractivity contribution in [2.75, 3.05) is 13.1 Å². The molecule has 2 heterocycles. The van der Waals surface area contributed by atoms with E-state index in [2.05, 4.69) is 82.8 Å². The highest BCUT2D eigenvalue weighted by molar-refractivity contribution is 5.69. The number of carboxylic acid groups (broad SMARTS) is 1. The maximum absolute atomic E-state index is 11.1. The number of nitrogens with zero attached hydrogens (tertiary/aromatic N) is 3. The largest absolute Gasteiger partial charge is 0.489 e. The third-order valence-electron chi connectivity index (χ3n) is 7.41. The van der Waals surface area contributed by atoms with E-state index in [0.29, 0.717) is 31.8 Å². The first-order valence-electron chi connectivity index (χ1n) is 13.4. The van der Waals surface area contributed by atoms with Crippen LogP contribution >= 0.6 is 0 Å². The van der Waals surface area contributed by atoms with Crippen molar-refractivity contribution in [3.05, 3.63) is 119 Å². The Bertz CT molecular complexity index is 1530. The van der Waals surface area contributed by atoms with E-state index in [-0.39, 0.29) is 12.6 Å². The number of hydrogen-bond acceptors (Lipinski definition) is 6. The number of nitriles is 1. The lowest BCUT2D eigenvalue weighted by Crippen LogP contribution is -2.46. The van der Waals surface area contributed by atoms with Crippen molar-refractivity contribution in [3.8, 4) is 22.9 Å². The van der Waals surface area contributed by atoms with Crippen molar-refractivity contribution in [1.82, 2.24) is 15.2 Å². The molecule has 0 amide bonds. The fourth-order valence-corrected chi connectivity index (χ4v) is 5.30. The molecule has 40 heavy (non-hydrogen) atoms. The summed E-state index contributed by atoms with van der Waals surface area (Å²) in [7, 11) is 0. The highest BCUT2D eigenvalue weighted by Crippen LogP contribution is 2.30. The first-order chi connectivity index (χ1) is 19.5. The lowest BCUT2D eigenvalue weighted by molar-refractivity contribution is -0.136. The minimum absolute atomic E-state index is 0.0830. The normalized spacial score (nSPS) is 14.8. The Hall–Kier alpha value is -4.51. The molecule has 202 valence electrons. The fraction of sp³-hybridized carbons (Fsp3) is 0.242. The Kier molecular flexibility index (Phi) is 8.50. The third kappa shape index (κ3) is 6.55. The van der Waals surface area contributed by atoms with Crippen LogP contribution in [0, 0.1) is 18.3 Å². The van der Waals surface area contributed by atoms with Crippen LogP contribution in [0.25, 0.3) is 11.1 Å². The van der Waals surface area contributed by atoms with Crippen molar-refractivity contribution in [3.63, 3.8) is 0 Å². The number of carboxylic acids is 1. The van der Waals surface area contributed by atoms with E-state index in [9.17, 15) is 10.1 Å². The van der Waals surface area contributed by atoms with Gasteiger partial charge >= 0.3 is 5.97 Å². The van der Waals surface area contributed by atoms with Gasteiger partial charge in [0.2, 0.25) is 0 Å². The Labute approximate surface area is 234 Å².